The number of amides is 1. The summed E-state index contributed by atoms with van der Waals surface area (Å²) >= 11 is 3.01. The van der Waals surface area contributed by atoms with Crippen molar-refractivity contribution in [3.63, 3.8) is 0 Å². The number of halogens is 4. The zero-order valence-corrected chi connectivity index (χ0v) is 12.8. The van der Waals surface area contributed by atoms with Crippen LogP contribution in [0, 0.1) is 0 Å². The van der Waals surface area contributed by atoms with Crippen molar-refractivity contribution in [1.29, 1.82) is 0 Å². The number of likely N-dealkylation sites (N-methyl/N-ethyl adjacent to an activating group) is 1. The summed E-state index contributed by atoms with van der Waals surface area (Å²) < 4.78 is 39.0. The molecule has 0 heterocycles. The summed E-state index contributed by atoms with van der Waals surface area (Å²) in [6.07, 6.45) is -4.47. The van der Waals surface area contributed by atoms with Gasteiger partial charge in [0.05, 0.1) is 12.1 Å². The molecule has 0 radical (unpaired) electrons. The first-order valence-electron chi connectivity index (χ1n) is 6.18. The summed E-state index contributed by atoms with van der Waals surface area (Å²) in [5.74, 6) is -0.231. The van der Waals surface area contributed by atoms with E-state index in [0.717, 1.165) is 6.07 Å². The van der Waals surface area contributed by atoms with E-state index in [1.807, 2.05) is 13.8 Å². The molecule has 0 aromatic heterocycles. The maximum Gasteiger partial charge on any atom is 0.418 e. The highest BCUT2D eigenvalue weighted by molar-refractivity contribution is 9.10. The Kier molecular flexibility index (Phi) is 5.86. The van der Waals surface area contributed by atoms with Crippen LogP contribution >= 0.6 is 15.9 Å². The van der Waals surface area contributed by atoms with E-state index in [9.17, 15) is 18.0 Å². The standard InChI is InChI=1S/C13H16BrF3N2O/c1-3-19(4-2)12(20)8-18-11-6-5-9(14)7-10(11)13(15,16)17/h5-7,18H,3-4,8H2,1-2H3. The molecule has 20 heavy (non-hydrogen) atoms. The summed E-state index contributed by atoms with van der Waals surface area (Å²) in [5.41, 5.74) is -0.888. The van der Waals surface area contributed by atoms with Gasteiger partial charge >= 0.3 is 6.18 Å². The zero-order valence-electron chi connectivity index (χ0n) is 11.2. The Morgan fingerprint density at radius 2 is 1.90 bits per heavy atom. The van der Waals surface area contributed by atoms with Crippen LogP contribution in [0.15, 0.2) is 22.7 Å². The van der Waals surface area contributed by atoms with E-state index >= 15 is 0 Å². The van der Waals surface area contributed by atoms with Crippen molar-refractivity contribution in [2.45, 2.75) is 20.0 Å². The van der Waals surface area contributed by atoms with Gasteiger partial charge < -0.3 is 10.2 Å². The average Bonchev–Trinajstić information content (AvgIpc) is 2.37. The molecule has 0 fully saturated rings. The first-order chi connectivity index (χ1) is 9.29. The predicted octanol–water partition coefficient (Wildman–Crippen LogP) is 3.75. The molecule has 0 bridgehead atoms. The van der Waals surface area contributed by atoms with Gasteiger partial charge in [-0.3, -0.25) is 4.79 Å². The summed E-state index contributed by atoms with van der Waals surface area (Å²) in [6, 6.07) is 3.80. The third-order valence-corrected chi connectivity index (χ3v) is 3.33. The van der Waals surface area contributed by atoms with Crippen molar-refractivity contribution in [1.82, 2.24) is 4.90 Å². The average molecular weight is 353 g/mol. The lowest BCUT2D eigenvalue weighted by Crippen LogP contribution is -2.35. The highest BCUT2D eigenvalue weighted by Gasteiger charge is 2.33. The van der Waals surface area contributed by atoms with Crippen LogP contribution in [0.4, 0.5) is 18.9 Å². The topological polar surface area (TPSA) is 32.3 Å². The SMILES string of the molecule is CCN(CC)C(=O)CNc1ccc(Br)cc1C(F)(F)F. The van der Waals surface area contributed by atoms with Gasteiger partial charge in [-0.1, -0.05) is 15.9 Å². The van der Waals surface area contributed by atoms with Gasteiger partial charge in [-0.05, 0) is 32.0 Å². The Labute approximate surface area is 124 Å². The number of anilines is 1. The quantitative estimate of drug-likeness (QED) is 0.875. The molecular formula is C13H16BrF3N2O. The van der Waals surface area contributed by atoms with Gasteiger partial charge in [-0.2, -0.15) is 13.2 Å². The molecule has 0 spiro atoms. The van der Waals surface area contributed by atoms with Gasteiger partial charge in [0, 0.05) is 23.2 Å². The lowest BCUT2D eigenvalue weighted by molar-refractivity contribution is -0.137. The van der Waals surface area contributed by atoms with E-state index in [4.69, 9.17) is 0 Å². The molecule has 0 saturated heterocycles. The first kappa shape index (κ1) is 16.8. The number of alkyl halides is 3. The number of rotatable bonds is 5. The number of hydrogen-bond acceptors (Lipinski definition) is 2. The molecule has 1 amide bonds. The fraction of sp³-hybridized carbons (Fsp3) is 0.462. The van der Waals surface area contributed by atoms with Crippen molar-refractivity contribution in [2.75, 3.05) is 25.0 Å². The molecule has 7 heteroatoms. The Morgan fingerprint density at radius 1 is 1.30 bits per heavy atom. The smallest absolute Gasteiger partial charge is 0.376 e. The lowest BCUT2D eigenvalue weighted by atomic mass is 10.1. The normalized spacial score (nSPS) is 11.3. The van der Waals surface area contributed by atoms with Crippen molar-refractivity contribution in [2.24, 2.45) is 0 Å². The van der Waals surface area contributed by atoms with Crippen LogP contribution < -0.4 is 5.32 Å². The van der Waals surface area contributed by atoms with Gasteiger partial charge in [-0.25, -0.2) is 0 Å². The van der Waals surface area contributed by atoms with E-state index in [1.165, 1.54) is 12.1 Å². The largest absolute Gasteiger partial charge is 0.418 e. The molecular weight excluding hydrogens is 337 g/mol. The second-order valence-corrected chi connectivity index (χ2v) is 5.02. The number of benzene rings is 1. The number of nitrogens with zero attached hydrogens (tertiary/aromatic N) is 1. The Balaban J connectivity index is 2.86. The maximum absolute atomic E-state index is 12.9. The minimum atomic E-state index is -4.47. The molecule has 1 N–H and O–H groups in total. The monoisotopic (exact) mass is 352 g/mol. The summed E-state index contributed by atoms with van der Waals surface area (Å²) in [4.78, 5) is 13.3. The minimum Gasteiger partial charge on any atom is -0.376 e. The molecule has 1 aromatic carbocycles. The number of nitrogens with one attached hydrogen (secondary N) is 1. The third kappa shape index (κ3) is 4.40. The lowest BCUT2D eigenvalue weighted by Gasteiger charge is -2.20. The highest BCUT2D eigenvalue weighted by Crippen LogP contribution is 2.36. The van der Waals surface area contributed by atoms with Crippen molar-refractivity contribution in [3.8, 4) is 0 Å². The molecule has 1 aromatic rings. The van der Waals surface area contributed by atoms with Crippen LogP contribution in [-0.2, 0) is 11.0 Å². The van der Waals surface area contributed by atoms with Gasteiger partial charge in [0.1, 0.15) is 0 Å². The molecule has 0 aliphatic rings. The summed E-state index contributed by atoms with van der Waals surface area (Å²) in [7, 11) is 0. The van der Waals surface area contributed by atoms with Gasteiger partial charge in [-0.15, -0.1) is 0 Å². The second kappa shape index (κ2) is 6.97. The Bertz CT molecular complexity index is 473. The van der Waals surface area contributed by atoms with Crippen LogP contribution in [0.25, 0.3) is 0 Å². The van der Waals surface area contributed by atoms with Crippen LogP contribution in [-0.4, -0.2) is 30.4 Å². The highest BCUT2D eigenvalue weighted by atomic mass is 79.9. The van der Waals surface area contributed by atoms with Crippen molar-refractivity contribution in [3.05, 3.63) is 28.2 Å². The summed E-state index contributed by atoms with van der Waals surface area (Å²) in [6.45, 7) is 4.55. The number of carbonyl (C=O) groups excluding carboxylic acids is 1. The fourth-order valence-electron chi connectivity index (χ4n) is 1.76. The second-order valence-electron chi connectivity index (χ2n) is 4.11. The van der Waals surface area contributed by atoms with Gasteiger partial charge in [0.2, 0.25) is 5.91 Å². The molecule has 0 unspecified atom stereocenters. The van der Waals surface area contributed by atoms with Crippen LogP contribution in [0.2, 0.25) is 0 Å². The Morgan fingerprint density at radius 3 is 2.40 bits per heavy atom. The molecule has 0 aliphatic heterocycles. The molecule has 1 rings (SSSR count). The number of carbonyl (C=O) groups is 1. The Hall–Kier alpha value is -1.24. The minimum absolute atomic E-state index is 0.0961. The fourth-order valence-corrected chi connectivity index (χ4v) is 2.13. The zero-order chi connectivity index (χ0) is 15.3. The maximum atomic E-state index is 12.9. The number of hydrogen-bond donors (Lipinski definition) is 1. The van der Waals surface area contributed by atoms with E-state index < -0.39 is 11.7 Å². The van der Waals surface area contributed by atoms with E-state index in [0.29, 0.717) is 17.6 Å². The van der Waals surface area contributed by atoms with Crippen LogP contribution in [0.5, 0.6) is 0 Å². The van der Waals surface area contributed by atoms with E-state index in [2.05, 4.69) is 21.2 Å². The van der Waals surface area contributed by atoms with Gasteiger partial charge in [0.25, 0.3) is 0 Å². The predicted molar refractivity (Wildman–Crippen MR) is 75.6 cm³/mol. The molecule has 3 nitrogen and oxygen atoms in total. The third-order valence-electron chi connectivity index (χ3n) is 2.83. The molecule has 0 saturated carbocycles. The van der Waals surface area contributed by atoms with Crippen molar-refractivity contribution < 1.29 is 18.0 Å². The van der Waals surface area contributed by atoms with E-state index in [1.54, 1.807) is 4.90 Å². The van der Waals surface area contributed by atoms with Gasteiger partial charge in [0.15, 0.2) is 0 Å². The molecule has 112 valence electrons. The van der Waals surface area contributed by atoms with E-state index in [-0.39, 0.29) is 18.1 Å². The first-order valence-corrected chi connectivity index (χ1v) is 6.97. The van der Waals surface area contributed by atoms with Crippen molar-refractivity contribution >= 4 is 27.5 Å². The molecule has 0 aliphatic carbocycles. The van der Waals surface area contributed by atoms with Crippen LogP contribution in [0.1, 0.15) is 19.4 Å². The van der Waals surface area contributed by atoms with Crippen LogP contribution in [0.3, 0.4) is 0 Å². The molecule has 0 atom stereocenters. The summed E-state index contributed by atoms with van der Waals surface area (Å²) in [5, 5.41) is 2.56.